The normalized spacial score (nSPS) is 27.3. The number of anilines is 1. The second-order valence-corrected chi connectivity index (χ2v) is 6.19. The predicted molar refractivity (Wildman–Crippen MR) is 86.7 cm³/mol. The molecule has 4 rings (SSSR count). The number of carboxylic acids is 1. The van der Waals surface area contributed by atoms with E-state index in [0.717, 1.165) is 17.3 Å². The molecule has 2 bridgehead atoms. The Labute approximate surface area is 137 Å². The number of amides is 1. The van der Waals surface area contributed by atoms with Gasteiger partial charge in [-0.25, -0.2) is 9.97 Å². The lowest BCUT2D eigenvalue weighted by Crippen LogP contribution is -2.42. The van der Waals surface area contributed by atoms with Gasteiger partial charge in [0, 0.05) is 5.39 Å². The van der Waals surface area contributed by atoms with Crippen molar-refractivity contribution < 1.29 is 14.7 Å². The first-order valence-corrected chi connectivity index (χ1v) is 7.82. The molecule has 1 saturated carbocycles. The van der Waals surface area contributed by atoms with Crippen LogP contribution >= 0.6 is 0 Å². The minimum atomic E-state index is -0.917. The molecule has 0 spiro atoms. The van der Waals surface area contributed by atoms with Crippen molar-refractivity contribution in [2.45, 2.75) is 6.42 Å². The number of allylic oxidation sites excluding steroid dienone is 2. The maximum absolute atomic E-state index is 12.5. The molecule has 1 heterocycles. The van der Waals surface area contributed by atoms with Crippen LogP contribution in [-0.4, -0.2) is 27.0 Å². The summed E-state index contributed by atoms with van der Waals surface area (Å²) in [6.07, 6.45) is 6.01. The van der Waals surface area contributed by atoms with Crippen LogP contribution in [-0.2, 0) is 9.59 Å². The van der Waals surface area contributed by atoms with E-state index in [9.17, 15) is 14.7 Å². The van der Waals surface area contributed by atoms with Gasteiger partial charge >= 0.3 is 5.97 Å². The van der Waals surface area contributed by atoms with E-state index < -0.39 is 17.8 Å². The Morgan fingerprint density at radius 3 is 2.62 bits per heavy atom. The summed E-state index contributed by atoms with van der Waals surface area (Å²) in [5.41, 5.74) is 6.20. The average molecular weight is 324 g/mol. The predicted octanol–water partition coefficient (Wildman–Crippen LogP) is 1.60. The van der Waals surface area contributed by atoms with Gasteiger partial charge < -0.3 is 5.11 Å². The van der Waals surface area contributed by atoms with Crippen LogP contribution in [0.15, 0.2) is 42.7 Å². The summed E-state index contributed by atoms with van der Waals surface area (Å²) in [7, 11) is 0. The molecule has 2 aliphatic rings. The van der Waals surface area contributed by atoms with E-state index >= 15 is 0 Å². The number of aromatic nitrogens is 2. The summed E-state index contributed by atoms with van der Waals surface area (Å²) in [4.78, 5) is 32.3. The average Bonchev–Trinajstić information content (AvgIpc) is 3.20. The standard InChI is InChI=1S/C17H16N4O3/c22-16(13-9-5-6-10(7-9)14(13)17(23)24)21-20-15-11-3-1-2-4-12(11)18-8-19-15/h1-6,8-10,13-14H,7H2,(H,21,22)(H,23,24)(H,18,19,20)/t9-,10+,13+,14-/m1/s1. The van der Waals surface area contributed by atoms with Gasteiger partial charge in [-0.1, -0.05) is 24.3 Å². The number of carbonyl (C=O) groups is 2. The zero-order chi connectivity index (χ0) is 16.7. The second kappa shape index (κ2) is 5.59. The highest BCUT2D eigenvalue weighted by Crippen LogP contribution is 2.48. The minimum absolute atomic E-state index is 0.0138. The van der Waals surface area contributed by atoms with Crippen molar-refractivity contribution in [3.05, 3.63) is 42.7 Å². The molecule has 2 aromatic rings. The summed E-state index contributed by atoms with van der Waals surface area (Å²) < 4.78 is 0. The number of carboxylic acid groups (broad SMARTS) is 1. The summed E-state index contributed by atoms with van der Waals surface area (Å²) >= 11 is 0. The quantitative estimate of drug-likeness (QED) is 0.583. The van der Waals surface area contributed by atoms with Crippen molar-refractivity contribution in [1.82, 2.24) is 15.4 Å². The molecule has 24 heavy (non-hydrogen) atoms. The van der Waals surface area contributed by atoms with Gasteiger partial charge in [0.15, 0.2) is 5.82 Å². The van der Waals surface area contributed by atoms with Crippen LogP contribution in [0.2, 0.25) is 0 Å². The van der Waals surface area contributed by atoms with Crippen molar-refractivity contribution >= 4 is 28.6 Å². The first-order chi connectivity index (χ1) is 11.6. The smallest absolute Gasteiger partial charge is 0.307 e. The molecule has 2 aliphatic carbocycles. The molecule has 1 fully saturated rings. The van der Waals surface area contributed by atoms with Gasteiger partial charge in [-0.15, -0.1) is 0 Å². The number of carbonyl (C=O) groups excluding carboxylic acids is 1. The number of hydrogen-bond donors (Lipinski definition) is 3. The van der Waals surface area contributed by atoms with Gasteiger partial charge in [0.25, 0.3) is 0 Å². The fourth-order valence-corrected chi connectivity index (χ4v) is 3.82. The van der Waals surface area contributed by atoms with E-state index in [0.29, 0.717) is 5.82 Å². The van der Waals surface area contributed by atoms with E-state index in [2.05, 4.69) is 20.8 Å². The number of nitrogens with one attached hydrogen (secondary N) is 2. The van der Waals surface area contributed by atoms with Crippen LogP contribution in [0.4, 0.5) is 5.82 Å². The lowest BCUT2D eigenvalue weighted by molar-refractivity contribution is -0.147. The molecule has 7 heteroatoms. The zero-order valence-electron chi connectivity index (χ0n) is 12.7. The van der Waals surface area contributed by atoms with Crippen LogP contribution in [0.1, 0.15) is 6.42 Å². The Bertz CT molecular complexity index is 845. The fraction of sp³-hybridized carbons (Fsp3) is 0.294. The first kappa shape index (κ1) is 14.6. The van der Waals surface area contributed by atoms with E-state index in [4.69, 9.17) is 0 Å². The molecule has 0 saturated heterocycles. The van der Waals surface area contributed by atoms with E-state index in [1.54, 1.807) is 0 Å². The largest absolute Gasteiger partial charge is 0.481 e. The molecule has 122 valence electrons. The Balaban J connectivity index is 1.52. The number of nitrogens with zero attached hydrogens (tertiary/aromatic N) is 2. The molecule has 4 atom stereocenters. The lowest BCUT2D eigenvalue weighted by atomic mass is 9.82. The Morgan fingerprint density at radius 2 is 1.83 bits per heavy atom. The maximum atomic E-state index is 12.5. The van der Waals surface area contributed by atoms with Crippen molar-refractivity contribution in [2.75, 3.05) is 5.43 Å². The van der Waals surface area contributed by atoms with Crippen LogP contribution < -0.4 is 10.9 Å². The topological polar surface area (TPSA) is 104 Å². The number of rotatable bonds is 4. The molecular formula is C17H16N4O3. The third-order valence-corrected chi connectivity index (χ3v) is 4.89. The summed E-state index contributed by atoms with van der Waals surface area (Å²) in [6.45, 7) is 0. The number of benzene rings is 1. The third-order valence-electron chi connectivity index (χ3n) is 4.89. The molecule has 0 radical (unpaired) electrons. The van der Waals surface area contributed by atoms with Gasteiger partial charge in [-0.3, -0.25) is 20.4 Å². The second-order valence-electron chi connectivity index (χ2n) is 6.19. The van der Waals surface area contributed by atoms with Gasteiger partial charge in [-0.05, 0) is 30.4 Å². The van der Waals surface area contributed by atoms with Gasteiger partial charge in [0.05, 0.1) is 17.4 Å². The molecule has 7 nitrogen and oxygen atoms in total. The fourth-order valence-electron chi connectivity index (χ4n) is 3.82. The van der Waals surface area contributed by atoms with E-state index in [1.807, 2.05) is 36.4 Å². The monoisotopic (exact) mass is 324 g/mol. The van der Waals surface area contributed by atoms with Gasteiger partial charge in [0.2, 0.25) is 5.91 Å². The Kier molecular flexibility index (Phi) is 3.41. The van der Waals surface area contributed by atoms with Crippen LogP contribution in [0.3, 0.4) is 0 Å². The van der Waals surface area contributed by atoms with Crippen molar-refractivity contribution in [3.63, 3.8) is 0 Å². The Morgan fingerprint density at radius 1 is 1.08 bits per heavy atom. The van der Waals surface area contributed by atoms with Crippen molar-refractivity contribution in [3.8, 4) is 0 Å². The molecule has 0 aliphatic heterocycles. The highest BCUT2D eigenvalue weighted by molar-refractivity contribution is 5.91. The summed E-state index contributed by atoms with van der Waals surface area (Å²) in [5.74, 6) is -2.04. The number of hydrazine groups is 1. The Hall–Kier alpha value is -2.96. The molecule has 3 N–H and O–H groups in total. The number of para-hydroxylation sites is 1. The SMILES string of the molecule is O=C(NNc1ncnc2ccccc12)[C@@H]1[C@H](C(=O)O)[C@H]2C=C[C@@H]1C2. The van der Waals surface area contributed by atoms with Gasteiger partial charge in [-0.2, -0.15) is 0 Å². The van der Waals surface area contributed by atoms with Gasteiger partial charge in [0.1, 0.15) is 6.33 Å². The molecule has 0 unspecified atom stereocenters. The van der Waals surface area contributed by atoms with Crippen molar-refractivity contribution in [1.29, 1.82) is 0 Å². The van der Waals surface area contributed by atoms with Crippen LogP contribution in [0.5, 0.6) is 0 Å². The highest BCUT2D eigenvalue weighted by Gasteiger charge is 2.51. The minimum Gasteiger partial charge on any atom is -0.481 e. The van der Waals surface area contributed by atoms with E-state index in [-0.39, 0.29) is 17.7 Å². The zero-order valence-corrected chi connectivity index (χ0v) is 12.7. The first-order valence-electron chi connectivity index (χ1n) is 7.82. The number of fused-ring (bicyclic) bond motifs is 3. The summed E-state index contributed by atoms with van der Waals surface area (Å²) in [5, 5.41) is 10.2. The number of hydrogen-bond acceptors (Lipinski definition) is 5. The van der Waals surface area contributed by atoms with Crippen LogP contribution in [0.25, 0.3) is 10.9 Å². The van der Waals surface area contributed by atoms with Crippen LogP contribution in [0, 0.1) is 23.7 Å². The molecule has 1 aromatic heterocycles. The number of aliphatic carboxylic acids is 1. The molecular weight excluding hydrogens is 308 g/mol. The van der Waals surface area contributed by atoms with E-state index in [1.165, 1.54) is 6.33 Å². The molecule has 1 amide bonds. The summed E-state index contributed by atoms with van der Waals surface area (Å²) in [6, 6.07) is 7.44. The molecule has 1 aromatic carbocycles. The highest BCUT2D eigenvalue weighted by atomic mass is 16.4. The lowest BCUT2D eigenvalue weighted by Gasteiger charge is -2.24. The third kappa shape index (κ3) is 2.29. The maximum Gasteiger partial charge on any atom is 0.307 e. The van der Waals surface area contributed by atoms with Crippen molar-refractivity contribution in [2.24, 2.45) is 23.7 Å².